The third kappa shape index (κ3) is 10.0. The van der Waals surface area contributed by atoms with Crippen LogP contribution in [-0.4, -0.2) is 0 Å². The Kier molecular flexibility index (Phi) is 11.0. The summed E-state index contributed by atoms with van der Waals surface area (Å²) in [7, 11) is 0. The van der Waals surface area contributed by atoms with Crippen LogP contribution in [0.25, 0.3) is 0 Å². The van der Waals surface area contributed by atoms with Crippen LogP contribution in [0, 0.1) is 20.3 Å². The van der Waals surface area contributed by atoms with E-state index in [1.807, 2.05) is 0 Å². The second-order valence-corrected chi connectivity index (χ2v) is 3.34. The Morgan fingerprint density at radius 3 is 1.92 bits per heavy atom. The van der Waals surface area contributed by atoms with E-state index >= 15 is 0 Å². The summed E-state index contributed by atoms with van der Waals surface area (Å²) < 4.78 is 0. The molecule has 0 aromatic rings. The SMILES string of the molecule is [CH2]C[CH]CCCCCCCC[CH2]. The van der Waals surface area contributed by atoms with E-state index in [4.69, 9.17) is 0 Å². The smallest absolute Gasteiger partial charge is 0.0386 e. The van der Waals surface area contributed by atoms with Crippen LogP contribution < -0.4 is 0 Å². The fraction of sp³-hybridized carbons (Fsp3) is 0.750. The van der Waals surface area contributed by atoms with Crippen LogP contribution >= 0.6 is 0 Å². The van der Waals surface area contributed by atoms with Crippen LogP contribution in [0.3, 0.4) is 0 Å². The molecule has 0 heterocycles. The maximum atomic E-state index is 3.83. The number of hydrogen-bond donors (Lipinski definition) is 0. The molecule has 0 rings (SSSR count). The van der Waals surface area contributed by atoms with Crippen molar-refractivity contribution in [2.45, 2.75) is 57.8 Å². The van der Waals surface area contributed by atoms with E-state index < -0.39 is 0 Å². The first kappa shape index (κ1) is 12.0. The van der Waals surface area contributed by atoms with Gasteiger partial charge in [-0.2, -0.15) is 0 Å². The van der Waals surface area contributed by atoms with Gasteiger partial charge in [-0.05, 0) is 6.42 Å². The maximum absolute atomic E-state index is 3.83. The van der Waals surface area contributed by atoms with Crippen LogP contribution in [0.15, 0.2) is 0 Å². The molecule has 0 saturated heterocycles. The first-order valence-electron chi connectivity index (χ1n) is 5.32. The molecule has 0 aliphatic heterocycles. The van der Waals surface area contributed by atoms with Crippen LogP contribution in [0.4, 0.5) is 0 Å². The zero-order chi connectivity index (χ0) is 9.07. The molecule has 0 fully saturated rings. The number of hydrogen-bond acceptors (Lipinski definition) is 0. The highest BCUT2D eigenvalue weighted by Gasteiger charge is 1.90. The summed E-state index contributed by atoms with van der Waals surface area (Å²) in [5, 5.41) is 0. The summed E-state index contributed by atoms with van der Waals surface area (Å²) in [6.07, 6.45) is 13.9. The summed E-state index contributed by atoms with van der Waals surface area (Å²) in [6, 6.07) is 0. The Balaban J connectivity index is 2.73. The van der Waals surface area contributed by atoms with E-state index in [-0.39, 0.29) is 0 Å². The van der Waals surface area contributed by atoms with Gasteiger partial charge < -0.3 is 0 Å². The number of rotatable bonds is 9. The van der Waals surface area contributed by atoms with Crippen molar-refractivity contribution in [2.75, 3.05) is 0 Å². The Bertz CT molecular complexity index is 56.4. The van der Waals surface area contributed by atoms with Gasteiger partial charge in [0.05, 0.1) is 0 Å². The second-order valence-electron chi connectivity index (χ2n) is 3.34. The molecule has 0 spiro atoms. The van der Waals surface area contributed by atoms with Gasteiger partial charge >= 0.3 is 0 Å². The van der Waals surface area contributed by atoms with Gasteiger partial charge in [0.25, 0.3) is 0 Å². The lowest BCUT2D eigenvalue weighted by Gasteiger charge is -1.99. The Morgan fingerprint density at radius 1 is 0.750 bits per heavy atom. The zero-order valence-corrected chi connectivity index (χ0v) is 8.36. The molecule has 0 saturated carbocycles. The quantitative estimate of drug-likeness (QED) is 0.447. The average molecular weight is 167 g/mol. The minimum absolute atomic E-state index is 0.988. The van der Waals surface area contributed by atoms with E-state index in [2.05, 4.69) is 20.3 Å². The lowest BCUT2D eigenvalue weighted by Crippen LogP contribution is -1.80. The van der Waals surface area contributed by atoms with Crippen molar-refractivity contribution in [3.63, 3.8) is 0 Å². The van der Waals surface area contributed by atoms with Gasteiger partial charge in [0.1, 0.15) is 0 Å². The average Bonchev–Trinajstić information content (AvgIpc) is 2.10. The largest absolute Gasteiger partial charge is 0.0533 e. The van der Waals surface area contributed by atoms with Gasteiger partial charge in [-0.25, -0.2) is 0 Å². The first-order chi connectivity index (χ1) is 5.91. The van der Waals surface area contributed by atoms with Crippen molar-refractivity contribution in [3.8, 4) is 0 Å². The summed E-state index contributed by atoms with van der Waals surface area (Å²) in [4.78, 5) is 0. The van der Waals surface area contributed by atoms with Crippen molar-refractivity contribution >= 4 is 0 Å². The predicted molar refractivity (Wildman–Crippen MR) is 56.6 cm³/mol. The molecule has 0 amide bonds. The monoisotopic (exact) mass is 167 g/mol. The van der Waals surface area contributed by atoms with Gasteiger partial charge in [-0.15, -0.1) is 0 Å². The summed E-state index contributed by atoms with van der Waals surface area (Å²) in [5.74, 6) is 0. The topological polar surface area (TPSA) is 0 Å². The molecule has 0 bridgehead atoms. The van der Waals surface area contributed by atoms with Gasteiger partial charge in [0.2, 0.25) is 0 Å². The fourth-order valence-electron chi connectivity index (χ4n) is 1.32. The van der Waals surface area contributed by atoms with Gasteiger partial charge in [0, 0.05) is 0 Å². The van der Waals surface area contributed by atoms with Crippen LogP contribution in [0.2, 0.25) is 0 Å². The molecule has 0 atom stereocenters. The molecule has 0 aromatic heterocycles. The highest BCUT2D eigenvalue weighted by Crippen LogP contribution is 2.09. The third-order valence-electron chi connectivity index (χ3n) is 2.11. The van der Waals surface area contributed by atoms with Crippen molar-refractivity contribution < 1.29 is 0 Å². The van der Waals surface area contributed by atoms with Gasteiger partial charge in [-0.1, -0.05) is 71.6 Å². The molecule has 71 valence electrons. The zero-order valence-electron chi connectivity index (χ0n) is 8.36. The molecule has 12 heavy (non-hydrogen) atoms. The van der Waals surface area contributed by atoms with Gasteiger partial charge in [-0.3, -0.25) is 0 Å². The Morgan fingerprint density at radius 2 is 1.33 bits per heavy atom. The predicted octanol–water partition coefficient (Wildman–Crippen LogP) is 4.37. The van der Waals surface area contributed by atoms with Crippen LogP contribution in [0.5, 0.6) is 0 Å². The van der Waals surface area contributed by atoms with E-state index in [9.17, 15) is 0 Å². The van der Waals surface area contributed by atoms with Crippen molar-refractivity contribution in [3.05, 3.63) is 20.3 Å². The Labute approximate surface area is 78.8 Å². The summed E-state index contributed by atoms with van der Waals surface area (Å²) >= 11 is 0. The highest BCUT2D eigenvalue weighted by atomic mass is 14.0. The van der Waals surface area contributed by atoms with Crippen LogP contribution in [0.1, 0.15) is 57.8 Å². The molecule has 0 heteroatoms. The Hall–Kier alpha value is 0. The third-order valence-corrected chi connectivity index (χ3v) is 2.11. The molecule has 0 unspecified atom stereocenters. The molecule has 0 aliphatic carbocycles. The molecule has 0 nitrogen and oxygen atoms in total. The minimum atomic E-state index is 0.988. The van der Waals surface area contributed by atoms with Crippen molar-refractivity contribution in [1.29, 1.82) is 0 Å². The van der Waals surface area contributed by atoms with Crippen molar-refractivity contribution in [1.82, 2.24) is 0 Å². The molecule has 0 aliphatic rings. The maximum Gasteiger partial charge on any atom is -0.0386 e. The highest BCUT2D eigenvalue weighted by molar-refractivity contribution is 4.64. The minimum Gasteiger partial charge on any atom is -0.0533 e. The molecular weight excluding hydrogens is 144 g/mol. The first-order valence-corrected chi connectivity index (χ1v) is 5.32. The van der Waals surface area contributed by atoms with Crippen LogP contribution in [-0.2, 0) is 0 Å². The summed E-state index contributed by atoms with van der Waals surface area (Å²) in [6.45, 7) is 7.61. The molecule has 0 aromatic carbocycles. The van der Waals surface area contributed by atoms with Crippen molar-refractivity contribution in [2.24, 2.45) is 0 Å². The standard InChI is InChI=1S/C12H23/c1-3-5-7-9-11-12-10-8-6-4-2/h5H,1-4,6-12H2. The molecular formula is C12H23. The summed E-state index contributed by atoms with van der Waals surface area (Å²) in [5.41, 5.74) is 0. The van der Waals surface area contributed by atoms with E-state index in [0.29, 0.717) is 0 Å². The molecule has 0 N–H and O–H groups in total. The number of unbranched alkanes of at least 4 members (excludes halogenated alkanes) is 9. The lowest BCUT2D eigenvalue weighted by atomic mass is 10.1. The van der Waals surface area contributed by atoms with E-state index in [1.165, 1.54) is 44.9 Å². The normalized spacial score (nSPS) is 10.5. The molecule has 3 radical (unpaired) electrons. The lowest BCUT2D eigenvalue weighted by molar-refractivity contribution is 0.593. The fourth-order valence-corrected chi connectivity index (χ4v) is 1.32. The van der Waals surface area contributed by atoms with E-state index in [1.54, 1.807) is 0 Å². The van der Waals surface area contributed by atoms with E-state index in [0.717, 1.165) is 12.8 Å². The van der Waals surface area contributed by atoms with Gasteiger partial charge in [0.15, 0.2) is 0 Å². The second kappa shape index (κ2) is 11.0.